The second kappa shape index (κ2) is 20.2. The van der Waals surface area contributed by atoms with Crippen molar-refractivity contribution < 1.29 is 32.8 Å². The zero-order valence-corrected chi connectivity index (χ0v) is 34.1. The number of nitrogens with two attached hydrogens (primary N) is 1. The van der Waals surface area contributed by atoms with E-state index in [0.29, 0.717) is 17.8 Å². The fraction of sp³-hybridized carbons (Fsp3) is 0.467. The molecular weight excluding hydrogens is 727 g/mol. The Balaban J connectivity index is 0.000000364. The van der Waals surface area contributed by atoms with E-state index in [-0.39, 0.29) is 32.8 Å². The standard InChI is InChI=1S/C33H49P.C12H10N.ClH.Pd/c1-23(2)26-21-30(24(3)4)33(31(22-26)25(5)6)29-19-13-14-20-32(29)34(27-15-9-7-10-16-27)28-17-11-8-12-18-28;13-12-9-5-4-8-11(12)10-6-2-1-3-7-10;;/h13-14,19-25,27-28H,7-12,15-18H2,1-6H3;1-6,8-9H,13H2;1H;/q;-1;;. The molecule has 0 atom stereocenters. The molecule has 0 saturated heterocycles. The third-order valence-electron chi connectivity index (χ3n) is 10.7. The molecule has 2 N–H and O–H groups in total. The molecule has 268 valence electrons. The van der Waals surface area contributed by atoms with Crippen LogP contribution < -0.4 is 23.4 Å². The minimum absolute atomic E-state index is 0. The van der Waals surface area contributed by atoms with Gasteiger partial charge in [-0.25, -0.2) is 0 Å². The Labute approximate surface area is 320 Å². The van der Waals surface area contributed by atoms with Gasteiger partial charge in [-0.1, -0.05) is 108 Å². The van der Waals surface area contributed by atoms with E-state index in [9.17, 15) is 0 Å². The van der Waals surface area contributed by atoms with Gasteiger partial charge in [0, 0.05) is 33.9 Å². The molecule has 0 heterocycles. The van der Waals surface area contributed by atoms with Crippen LogP contribution in [-0.4, -0.2) is 11.3 Å². The van der Waals surface area contributed by atoms with Crippen LogP contribution in [0.25, 0.3) is 22.3 Å². The van der Waals surface area contributed by atoms with Crippen LogP contribution in [-0.2, 0) is 20.4 Å². The molecule has 0 aromatic heterocycles. The van der Waals surface area contributed by atoms with Crippen LogP contribution in [0.5, 0.6) is 0 Å². The minimum Gasteiger partial charge on any atom is -1.00 e. The molecule has 2 saturated carbocycles. The van der Waals surface area contributed by atoms with Gasteiger partial charge in [0.05, 0.1) is 16.6 Å². The normalized spacial score (nSPS) is 15.5. The predicted octanol–water partition coefficient (Wildman–Crippen LogP) is 9.97. The van der Waals surface area contributed by atoms with Gasteiger partial charge in [0.25, 0.3) is 0 Å². The molecule has 0 bridgehead atoms. The Morgan fingerprint density at radius 2 is 1.10 bits per heavy atom. The van der Waals surface area contributed by atoms with Crippen LogP contribution in [0, 0.1) is 6.07 Å². The summed E-state index contributed by atoms with van der Waals surface area (Å²) in [6, 6.07) is 33.7. The summed E-state index contributed by atoms with van der Waals surface area (Å²) in [4.78, 5) is 0. The van der Waals surface area contributed by atoms with E-state index >= 15 is 0 Å². The number of nitrogen functional groups attached to an aromatic ring is 1. The summed E-state index contributed by atoms with van der Waals surface area (Å²) >= 11 is 0. The number of hydrogen-bond acceptors (Lipinski definition) is 1. The van der Waals surface area contributed by atoms with E-state index in [2.05, 4.69) is 84.0 Å². The first-order chi connectivity index (χ1) is 22.8. The first kappa shape index (κ1) is 41.5. The molecule has 6 rings (SSSR count). The number of halogens is 1. The van der Waals surface area contributed by atoms with Crippen molar-refractivity contribution in [3.63, 3.8) is 0 Å². The van der Waals surface area contributed by atoms with E-state index in [1.54, 1.807) is 27.6 Å². The number of anilines is 1. The Morgan fingerprint density at radius 3 is 1.57 bits per heavy atom. The number of hydrogen-bond donors (Lipinski definition) is 1. The molecule has 4 aromatic carbocycles. The molecule has 2 aliphatic carbocycles. The van der Waals surface area contributed by atoms with Gasteiger partial charge in [0.1, 0.15) is 0 Å². The van der Waals surface area contributed by atoms with Gasteiger partial charge >= 0.3 is 0 Å². The largest absolute Gasteiger partial charge is 1.00 e. The maximum atomic E-state index is 5.83. The molecule has 49 heavy (non-hydrogen) atoms. The van der Waals surface area contributed by atoms with Crippen molar-refractivity contribution in [3.8, 4) is 22.3 Å². The number of benzene rings is 4. The summed E-state index contributed by atoms with van der Waals surface area (Å²) in [5.74, 6) is 1.65. The Bertz CT molecular complexity index is 1510. The molecule has 0 aliphatic heterocycles. The molecule has 4 aromatic rings. The van der Waals surface area contributed by atoms with Gasteiger partial charge in [0.15, 0.2) is 0 Å². The van der Waals surface area contributed by atoms with Crippen LogP contribution in [0.4, 0.5) is 5.69 Å². The topological polar surface area (TPSA) is 26.0 Å². The van der Waals surface area contributed by atoms with Crippen LogP contribution in [0.1, 0.15) is 140 Å². The Morgan fingerprint density at radius 1 is 0.612 bits per heavy atom. The third-order valence-corrected chi connectivity index (χ3v) is 14.7. The van der Waals surface area contributed by atoms with Crippen LogP contribution in [0.15, 0.2) is 84.9 Å². The number of para-hydroxylation sites is 1. The van der Waals surface area contributed by atoms with Crippen LogP contribution in [0.2, 0.25) is 0 Å². The molecule has 1 nitrogen and oxygen atoms in total. The number of rotatable bonds is 8. The summed E-state index contributed by atoms with van der Waals surface area (Å²) in [6.45, 7) is 14.3. The fourth-order valence-electron chi connectivity index (χ4n) is 8.12. The van der Waals surface area contributed by atoms with Crippen molar-refractivity contribution in [2.24, 2.45) is 0 Å². The second-order valence-corrected chi connectivity index (χ2v) is 18.2. The van der Waals surface area contributed by atoms with Crippen LogP contribution >= 0.6 is 7.92 Å². The van der Waals surface area contributed by atoms with E-state index in [0.717, 1.165) is 28.1 Å². The first-order valence-electron chi connectivity index (χ1n) is 18.7. The molecule has 2 aliphatic rings. The summed E-state index contributed by atoms with van der Waals surface area (Å²) in [7, 11) is -0.610. The van der Waals surface area contributed by atoms with E-state index < -0.39 is 7.92 Å². The summed E-state index contributed by atoms with van der Waals surface area (Å²) in [6.07, 6.45) is 14.7. The maximum Gasteiger partial charge on any atom is 0.0998 e. The van der Waals surface area contributed by atoms with Crippen molar-refractivity contribution in [3.05, 3.63) is 108 Å². The molecular formula is C45H60ClNPPd-. The van der Waals surface area contributed by atoms with Crippen molar-refractivity contribution in [2.45, 2.75) is 135 Å². The van der Waals surface area contributed by atoms with Crippen molar-refractivity contribution >= 4 is 18.9 Å². The molecule has 4 heteroatoms. The van der Waals surface area contributed by atoms with E-state index in [4.69, 9.17) is 5.73 Å². The van der Waals surface area contributed by atoms with Gasteiger partial charge in [-0.3, -0.25) is 0 Å². The monoisotopic (exact) mass is 786 g/mol. The van der Waals surface area contributed by atoms with Gasteiger partial charge in [-0.05, 0) is 109 Å². The van der Waals surface area contributed by atoms with Crippen molar-refractivity contribution in [1.29, 1.82) is 0 Å². The molecule has 0 unspecified atom stereocenters. The third kappa shape index (κ3) is 10.6. The fourth-order valence-corrected chi connectivity index (χ4v) is 12.5. The van der Waals surface area contributed by atoms with E-state index in [1.807, 2.05) is 48.5 Å². The zero-order chi connectivity index (χ0) is 33.3. The maximum absolute atomic E-state index is 5.83. The summed E-state index contributed by atoms with van der Waals surface area (Å²) in [5.41, 5.74) is 18.5. The van der Waals surface area contributed by atoms with E-state index in [1.165, 1.54) is 69.8 Å². The quantitative estimate of drug-likeness (QED) is 0.0819. The molecule has 0 amide bonds. The Hall–Kier alpha value is -1.94. The van der Waals surface area contributed by atoms with Crippen molar-refractivity contribution in [2.75, 3.05) is 5.73 Å². The SMILES string of the molecule is CC(C)c1cc(C(C)C)c(-c2ccccc2[PH+](C2CCCCC2)C2CCCCC2)c(C(C)C)c1.Nc1ccccc1-c1[c-]cccc1.[Cl-].[Pd]. The Kier molecular flexibility index (Phi) is 17.1. The van der Waals surface area contributed by atoms with Gasteiger partial charge in [-0.15, -0.1) is 35.9 Å². The average molecular weight is 788 g/mol. The average Bonchev–Trinajstić information content (AvgIpc) is 3.10. The van der Waals surface area contributed by atoms with Crippen molar-refractivity contribution in [1.82, 2.24) is 0 Å². The molecule has 0 radical (unpaired) electrons. The first-order valence-corrected chi connectivity index (χ1v) is 20.4. The van der Waals surface area contributed by atoms with Gasteiger partial charge < -0.3 is 18.1 Å². The molecule has 0 spiro atoms. The second-order valence-electron chi connectivity index (χ2n) is 15.1. The van der Waals surface area contributed by atoms with Crippen LogP contribution in [0.3, 0.4) is 0 Å². The van der Waals surface area contributed by atoms with Gasteiger partial charge in [-0.2, -0.15) is 0 Å². The summed E-state index contributed by atoms with van der Waals surface area (Å²) in [5, 5.41) is 1.78. The zero-order valence-electron chi connectivity index (χ0n) is 30.8. The smallest absolute Gasteiger partial charge is 0.0998 e. The molecule has 2 fully saturated rings. The summed E-state index contributed by atoms with van der Waals surface area (Å²) < 4.78 is 0. The predicted molar refractivity (Wildman–Crippen MR) is 211 cm³/mol. The van der Waals surface area contributed by atoms with Gasteiger partial charge in [0.2, 0.25) is 0 Å². The minimum atomic E-state index is -0.610.